The van der Waals surface area contributed by atoms with E-state index in [1.165, 1.54) is 31.7 Å². The van der Waals surface area contributed by atoms with Gasteiger partial charge in [-0.2, -0.15) is 0 Å². The summed E-state index contributed by atoms with van der Waals surface area (Å²) in [6, 6.07) is 0. The van der Waals surface area contributed by atoms with Gasteiger partial charge in [0.05, 0.1) is 0 Å². The molecule has 0 bridgehead atoms. The van der Waals surface area contributed by atoms with E-state index in [0.717, 1.165) is 12.8 Å². The smallest absolute Gasteiger partial charge is 0.424 e. The highest BCUT2D eigenvalue weighted by Gasteiger charge is 1.96. The largest absolute Gasteiger partial charge is 0.480 e. The maximum absolute atomic E-state index is 8.46. The number of unbranched alkanes of at least 4 members (excludes halogenated alkanes) is 5. The van der Waals surface area contributed by atoms with Crippen LogP contribution < -0.4 is 0 Å². The average molecular weight is 170 g/mol. The summed E-state index contributed by atoms with van der Waals surface area (Å²) in [7, 11) is -1.28. The monoisotopic (exact) mass is 170 g/mol. The Morgan fingerprint density at radius 2 is 1.75 bits per heavy atom. The minimum atomic E-state index is -1.28. The summed E-state index contributed by atoms with van der Waals surface area (Å²) in [5.41, 5.74) is 0. The zero-order valence-electron chi connectivity index (χ0n) is 7.87. The van der Waals surface area contributed by atoms with Gasteiger partial charge in [0.25, 0.3) is 0 Å². The molecule has 2 N–H and O–H groups in total. The number of hydrogen-bond acceptors (Lipinski definition) is 2. The fraction of sp³-hybridized carbons (Fsp3) is 0.778. The Hall–Kier alpha value is -0.275. The SMILES string of the molecule is CCCCCCCC=CB(O)O. The molecule has 0 spiro atoms. The van der Waals surface area contributed by atoms with Gasteiger partial charge >= 0.3 is 7.12 Å². The third-order valence-corrected chi connectivity index (χ3v) is 1.78. The third-order valence-electron chi connectivity index (χ3n) is 1.78. The van der Waals surface area contributed by atoms with Crippen molar-refractivity contribution in [2.75, 3.05) is 0 Å². The van der Waals surface area contributed by atoms with E-state index in [-0.39, 0.29) is 0 Å². The maximum atomic E-state index is 8.46. The van der Waals surface area contributed by atoms with E-state index in [1.54, 1.807) is 0 Å². The molecule has 2 nitrogen and oxygen atoms in total. The van der Waals surface area contributed by atoms with Gasteiger partial charge in [0.15, 0.2) is 0 Å². The molecule has 0 unspecified atom stereocenters. The van der Waals surface area contributed by atoms with E-state index in [2.05, 4.69) is 6.92 Å². The number of allylic oxidation sites excluding steroid dienone is 1. The second-order valence-corrected chi connectivity index (χ2v) is 3.04. The summed E-state index contributed by atoms with van der Waals surface area (Å²) in [5, 5.41) is 16.9. The molecule has 0 atom stereocenters. The van der Waals surface area contributed by atoms with Crippen molar-refractivity contribution in [1.82, 2.24) is 0 Å². The topological polar surface area (TPSA) is 40.5 Å². The molecule has 0 aliphatic carbocycles. The highest BCUT2D eigenvalue weighted by Crippen LogP contribution is 2.05. The third kappa shape index (κ3) is 9.72. The van der Waals surface area contributed by atoms with Crippen molar-refractivity contribution in [2.24, 2.45) is 0 Å². The van der Waals surface area contributed by atoms with Crippen molar-refractivity contribution in [3.63, 3.8) is 0 Å². The minimum absolute atomic E-state index is 0.960. The van der Waals surface area contributed by atoms with Crippen LogP contribution in [0.1, 0.15) is 45.4 Å². The van der Waals surface area contributed by atoms with Crippen LogP contribution in [0.25, 0.3) is 0 Å². The Labute approximate surface area is 75.5 Å². The van der Waals surface area contributed by atoms with Gasteiger partial charge in [0.1, 0.15) is 0 Å². The summed E-state index contributed by atoms with van der Waals surface area (Å²) in [5.74, 6) is 1.42. The Kier molecular flexibility index (Phi) is 8.62. The van der Waals surface area contributed by atoms with E-state index >= 15 is 0 Å². The van der Waals surface area contributed by atoms with Gasteiger partial charge in [0.2, 0.25) is 0 Å². The fourth-order valence-corrected chi connectivity index (χ4v) is 1.08. The first kappa shape index (κ1) is 11.7. The molecule has 70 valence electrons. The Bertz CT molecular complexity index is 113. The molecule has 3 heteroatoms. The molecule has 0 aliphatic rings. The van der Waals surface area contributed by atoms with Crippen LogP contribution in [0.15, 0.2) is 12.1 Å². The van der Waals surface area contributed by atoms with Crippen molar-refractivity contribution in [3.05, 3.63) is 12.1 Å². The Morgan fingerprint density at radius 1 is 1.08 bits per heavy atom. The predicted molar refractivity (Wildman–Crippen MR) is 52.7 cm³/mol. The molecule has 0 radical (unpaired) electrons. The van der Waals surface area contributed by atoms with Crippen molar-refractivity contribution in [1.29, 1.82) is 0 Å². The predicted octanol–water partition coefficient (Wildman–Crippen LogP) is 1.92. The molecule has 0 aromatic carbocycles. The number of hydrogen-bond donors (Lipinski definition) is 2. The Morgan fingerprint density at radius 3 is 2.33 bits per heavy atom. The summed E-state index contributed by atoms with van der Waals surface area (Å²) in [6.45, 7) is 2.20. The van der Waals surface area contributed by atoms with Gasteiger partial charge in [-0.15, -0.1) is 0 Å². The molecule has 0 aromatic rings. The second kappa shape index (κ2) is 8.82. The molecular formula is C9H19BO2. The maximum Gasteiger partial charge on any atom is 0.480 e. The molecule has 0 saturated carbocycles. The normalized spacial score (nSPS) is 10.9. The summed E-state index contributed by atoms with van der Waals surface area (Å²) in [4.78, 5) is 0. The van der Waals surface area contributed by atoms with Crippen molar-refractivity contribution in [2.45, 2.75) is 45.4 Å². The number of rotatable bonds is 7. The van der Waals surface area contributed by atoms with Crippen LogP contribution in [-0.4, -0.2) is 17.2 Å². The Balaban J connectivity index is 3.00. The lowest BCUT2D eigenvalue weighted by Crippen LogP contribution is -2.05. The van der Waals surface area contributed by atoms with Crippen LogP contribution >= 0.6 is 0 Å². The van der Waals surface area contributed by atoms with Crippen LogP contribution in [0.5, 0.6) is 0 Å². The van der Waals surface area contributed by atoms with Crippen LogP contribution in [0.4, 0.5) is 0 Å². The van der Waals surface area contributed by atoms with Crippen molar-refractivity contribution in [3.8, 4) is 0 Å². The van der Waals surface area contributed by atoms with E-state index in [1.807, 2.05) is 6.08 Å². The van der Waals surface area contributed by atoms with Crippen LogP contribution in [-0.2, 0) is 0 Å². The molecule has 0 aliphatic heterocycles. The molecule has 0 fully saturated rings. The molecule has 0 amide bonds. The van der Waals surface area contributed by atoms with Gasteiger partial charge in [0, 0.05) is 0 Å². The molecule has 12 heavy (non-hydrogen) atoms. The lowest BCUT2D eigenvalue weighted by atomic mass is 9.91. The molecule has 0 saturated heterocycles. The second-order valence-electron chi connectivity index (χ2n) is 3.04. The van der Waals surface area contributed by atoms with Gasteiger partial charge in [-0.1, -0.05) is 44.7 Å². The van der Waals surface area contributed by atoms with Gasteiger partial charge in [-0.25, -0.2) is 0 Å². The molecule has 0 aromatic heterocycles. The lowest BCUT2D eigenvalue weighted by molar-refractivity contribution is 0.424. The van der Waals surface area contributed by atoms with E-state index in [4.69, 9.17) is 10.0 Å². The first-order valence-electron chi connectivity index (χ1n) is 4.80. The minimum Gasteiger partial charge on any atom is -0.424 e. The quantitative estimate of drug-likeness (QED) is 0.452. The standard InChI is InChI=1S/C9H19BO2/c1-2-3-4-5-6-7-8-9-10(11)12/h8-9,11-12H,2-7H2,1H3. The van der Waals surface area contributed by atoms with Crippen LogP contribution in [0, 0.1) is 0 Å². The van der Waals surface area contributed by atoms with Crippen molar-refractivity contribution >= 4 is 7.12 Å². The van der Waals surface area contributed by atoms with E-state index < -0.39 is 7.12 Å². The zero-order valence-corrected chi connectivity index (χ0v) is 7.87. The first-order chi connectivity index (χ1) is 5.77. The molecular weight excluding hydrogens is 151 g/mol. The van der Waals surface area contributed by atoms with Gasteiger partial charge in [-0.3, -0.25) is 0 Å². The highest BCUT2D eigenvalue weighted by atomic mass is 16.4. The van der Waals surface area contributed by atoms with Gasteiger partial charge < -0.3 is 10.0 Å². The molecule has 0 rings (SSSR count). The summed E-state index contributed by atoms with van der Waals surface area (Å²) >= 11 is 0. The summed E-state index contributed by atoms with van der Waals surface area (Å²) in [6.07, 6.45) is 9.07. The lowest BCUT2D eigenvalue weighted by Gasteiger charge is -1.95. The van der Waals surface area contributed by atoms with E-state index in [9.17, 15) is 0 Å². The van der Waals surface area contributed by atoms with Gasteiger partial charge in [-0.05, 0) is 12.8 Å². The fourth-order valence-electron chi connectivity index (χ4n) is 1.08. The first-order valence-corrected chi connectivity index (χ1v) is 4.80. The van der Waals surface area contributed by atoms with Crippen LogP contribution in [0.2, 0.25) is 0 Å². The van der Waals surface area contributed by atoms with E-state index in [0.29, 0.717) is 0 Å². The highest BCUT2D eigenvalue weighted by molar-refractivity contribution is 6.47. The van der Waals surface area contributed by atoms with Crippen LogP contribution in [0.3, 0.4) is 0 Å². The average Bonchev–Trinajstić information content (AvgIpc) is 2.02. The van der Waals surface area contributed by atoms with Crippen molar-refractivity contribution < 1.29 is 10.0 Å². The molecule has 0 heterocycles. The zero-order chi connectivity index (χ0) is 9.23. The summed E-state index contributed by atoms with van der Waals surface area (Å²) < 4.78 is 0.